The molecule has 6 unspecified atom stereocenters. The van der Waals surface area contributed by atoms with Gasteiger partial charge in [0.15, 0.2) is 0 Å². The fourth-order valence-corrected chi connectivity index (χ4v) is 8.08. The summed E-state index contributed by atoms with van der Waals surface area (Å²) in [5.41, 5.74) is 7.79. The molecule has 0 spiro atoms. The summed E-state index contributed by atoms with van der Waals surface area (Å²) in [4.78, 5) is 0. The Balaban J connectivity index is 1.25. The fraction of sp³-hybridized carbons (Fsp3) is 1.00. The van der Waals surface area contributed by atoms with Crippen LogP contribution in [0.15, 0.2) is 0 Å². The van der Waals surface area contributed by atoms with Crippen molar-refractivity contribution in [2.24, 2.45) is 52.1 Å². The van der Waals surface area contributed by atoms with Crippen LogP contribution in [0.2, 0.25) is 0 Å². The largest absolute Gasteiger partial charge is 0.328 e. The molecule has 4 saturated carbocycles. The van der Waals surface area contributed by atoms with Gasteiger partial charge in [0.1, 0.15) is 0 Å². The first-order chi connectivity index (χ1) is 11.3. The summed E-state index contributed by atoms with van der Waals surface area (Å²) >= 11 is 0. The molecule has 4 aliphatic carbocycles. The average Bonchev–Trinajstić information content (AvgIpc) is 3.23. The van der Waals surface area contributed by atoms with Gasteiger partial charge >= 0.3 is 0 Å². The fourth-order valence-electron chi connectivity index (χ4n) is 8.08. The lowest BCUT2D eigenvalue weighted by Gasteiger charge is -2.40. The van der Waals surface area contributed by atoms with Gasteiger partial charge in [0.25, 0.3) is 0 Å². The second-order valence-corrected chi connectivity index (χ2v) is 11.3. The third-order valence-corrected chi connectivity index (χ3v) is 9.80. The summed E-state index contributed by atoms with van der Waals surface area (Å²) in [6, 6.07) is 0.454. The number of nitrogens with two attached hydrogens (primary N) is 1. The third-order valence-electron chi connectivity index (χ3n) is 9.80. The topological polar surface area (TPSA) is 26.0 Å². The van der Waals surface area contributed by atoms with E-state index in [-0.39, 0.29) is 0 Å². The van der Waals surface area contributed by atoms with Crippen molar-refractivity contribution in [3.05, 3.63) is 0 Å². The zero-order chi connectivity index (χ0) is 17.1. The average molecular weight is 332 g/mol. The van der Waals surface area contributed by atoms with E-state index in [9.17, 15) is 0 Å². The molecule has 4 fully saturated rings. The maximum atomic E-state index is 6.60. The maximum Gasteiger partial charge on any atom is 0.00390 e. The first-order valence-electron chi connectivity index (χ1n) is 11.1. The Labute approximate surface area is 150 Å². The quantitative estimate of drug-likeness (QED) is 0.633. The van der Waals surface area contributed by atoms with Crippen LogP contribution in [0.25, 0.3) is 0 Å². The minimum absolute atomic E-state index is 0.454. The lowest BCUT2D eigenvalue weighted by molar-refractivity contribution is 0.102. The van der Waals surface area contributed by atoms with E-state index in [2.05, 4.69) is 27.7 Å². The molecule has 0 aromatic heterocycles. The van der Waals surface area contributed by atoms with Gasteiger partial charge in [-0.15, -0.1) is 0 Å². The predicted octanol–water partition coefficient (Wildman–Crippen LogP) is 6.02. The van der Waals surface area contributed by atoms with E-state index in [0.717, 1.165) is 35.5 Å². The van der Waals surface area contributed by atoms with Crippen molar-refractivity contribution in [2.75, 3.05) is 0 Å². The smallest absolute Gasteiger partial charge is 0.00390 e. The zero-order valence-electron chi connectivity index (χ0n) is 16.7. The van der Waals surface area contributed by atoms with E-state index in [1.807, 2.05) is 0 Å². The van der Waals surface area contributed by atoms with Crippen molar-refractivity contribution >= 4 is 0 Å². The van der Waals surface area contributed by atoms with Crippen LogP contribution >= 0.6 is 0 Å². The van der Waals surface area contributed by atoms with Gasteiger partial charge in [0.2, 0.25) is 0 Å². The van der Waals surface area contributed by atoms with Crippen LogP contribution in [0, 0.1) is 46.3 Å². The molecule has 0 amide bonds. The molecular weight excluding hydrogens is 290 g/mol. The summed E-state index contributed by atoms with van der Waals surface area (Å²) in [7, 11) is 0. The number of hydrogen-bond donors (Lipinski definition) is 1. The van der Waals surface area contributed by atoms with Gasteiger partial charge in [-0.2, -0.15) is 0 Å². The number of rotatable bonds is 6. The van der Waals surface area contributed by atoms with Crippen molar-refractivity contribution in [1.29, 1.82) is 0 Å². The van der Waals surface area contributed by atoms with E-state index < -0.39 is 0 Å². The molecule has 138 valence electrons. The van der Waals surface area contributed by atoms with Crippen LogP contribution in [-0.4, -0.2) is 6.04 Å². The van der Waals surface area contributed by atoms with Gasteiger partial charge in [-0.05, 0) is 111 Å². The normalized spacial score (nSPS) is 45.9. The van der Waals surface area contributed by atoms with Crippen LogP contribution in [0.1, 0.15) is 91.9 Å². The molecule has 4 aliphatic rings. The molecule has 0 saturated heterocycles. The summed E-state index contributed by atoms with van der Waals surface area (Å²) < 4.78 is 0. The van der Waals surface area contributed by atoms with Crippen molar-refractivity contribution in [1.82, 2.24) is 0 Å². The molecule has 2 N–H and O–H groups in total. The van der Waals surface area contributed by atoms with E-state index in [4.69, 9.17) is 5.73 Å². The Hall–Kier alpha value is -0.0400. The van der Waals surface area contributed by atoms with Crippen molar-refractivity contribution in [2.45, 2.75) is 97.9 Å². The molecule has 4 rings (SSSR count). The molecule has 24 heavy (non-hydrogen) atoms. The van der Waals surface area contributed by atoms with E-state index in [1.165, 1.54) is 64.2 Å². The molecule has 6 atom stereocenters. The standard InChI is InChI=1S/C23H41N/c1-22(2)17-7-5-15(13-17)20(22)11-9-19(24)10-12-21-16-6-8-18(14-16)23(21,3)4/h15-21H,5-14,24H2,1-4H3. The summed E-state index contributed by atoms with van der Waals surface area (Å²) in [6.45, 7) is 10.2. The van der Waals surface area contributed by atoms with Gasteiger partial charge in [-0.25, -0.2) is 0 Å². The highest BCUT2D eigenvalue weighted by Crippen LogP contribution is 2.61. The van der Waals surface area contributed by atoms with Crippen LogP contribution in [0.5, 0.6) is 0 Å². The van der Waals surface area contributed by atoms with Gasteiger partial charge in [0.05, 0.1) is 0 Å². The van der Waals surface area contributed by atoms with E-state index in [0.29, 0.717) is 16.9 Å². The second kappa shape index (κ2) is 6.00. The highest BCUT2D eigenvalue weighted by Gasteiger charge is 2.53. The predicted molar refractivity (Wildman–Crippen MR) is 103 cm³/mol. The third kappa shape index (κ3) is 2.68. The lowest BCUT2D eigenvalue weighted by atomic mass is 9.66. The maximum absolute atomic E-state index is 6.60. The zero-order valence-corrected chi connectivity index (χ0v) is 16.7. The SMILES string of the molecule is CC1(C)C2CCC(C2)C1CCC(N)CCC1C2CCC(C2)C1(C)C. The van der Waals surface area contributed by atoms with Crippen molar-refractivity contribution in [3.8, 4) is 0 Å². The molecule has 0 radical (unpaired) electrons. The first-order valence-corrected chi connectivity index (χ1v) is 11.1. The van der Waals surface area contributed by atoms with Gasteiger partial charge in [-0.3, -0.25) is 0 Å². The summed E-state index contributed by atoms with van der Waals surface area (Å²) in [5, 5.41) is 0. The van der Waals surface area contributed by atoms with Crippen LogP contribution in [0.3, 0.4) is 0 Å². The van der Waals surface area contributed by atoms with E-state index in [1.54, 1.807) is 0 Å². The molecular formula is C23H41N. The van der Waals surface area contributed by atoms with Gasteiger partial charge < -0.3 is 5.73 Å². The first kappa shape index (κ1) is 17.4. The number of fused-ring (bicyclic) bond motifs is 4. The monoisotopic (exact) mass is 331 g/mol. The number of hydrogen-bond acceptors (Lipinski definition) is 1. The van der Waals surface area contributed by atoms with Crippen LogP contribution in [-0.2, 0) is 0 Å². The van der Waals surface area contributed by atoms with Crippen molar-refractivity contribution < 1.29 is 0 Å². The molecule has 0 aliphatic heterocycles. The van der Waals surface area contributed by atoms with Crippen molar-refractivity contribution in [3.63, 3.8) is 0 Å². The van der Waals surface area contributed by atoms with Crippen LogP contribution < -0.4 is 5.73 Å². The summed E-state index contributed by atoms with van der Waals surface area (Å²) in [6.07, 6.45) is 14.4. The minimum Gasteiger partial charge on any atom is -0.328 e. The highest BCUT2D eigenvalue weighted by atomic mass is 14.6. The Morgan fingerprint density at radius 1 is 0.750 bits per heavy atom. The second-order valence-electron chi connectivity index (χ2n) is 11.3. The van der Waals surface area contributed by atoms with Gasteiger partial charge in [-0.1, -0.05) is 27.7 Å². The Morgan fingerprint density at radius 3 is 1.50 bits per heavy atom. The molecule has 0 aromatic rings. The van der Waals surface area contributed by atoms with Gasteiger partial charge in [0, 0.05) is 6.04 Å². The Bertz CT molecular complexity index is 423. The molecule has 1 nitrogen and oxygen atoms in total. The Morgan fingerprint density at radius 2 is 1.17 bits per heavy atom. The van der Waals surface area contributed by atoms with Crippen LogP contribution in [0.4, 0.5) is 0 Å². The highest BCUT2D eigenvalue weighted by molar-refractivity contribution is 5.03. The van der Waals surface area contributed by atoms with E-state index >= 15 is 0 Å². The minimum atomic E-state index is 0.454. The Kier molecular flexibility index (Phi) is 4.34. The molecule has 0 heterocycles. The molecule has 4 bridgehead atoms. The lowest BCUT2D eigenvalue weighted by Crippen LogP contribution is -2.34. The molecule has 1 heteroatoms. The molecule has 0 aromatic carbocycles. The summed E-state index contributed by atoms with van der Waals surface area (Å²) in [5.74, 6) is 6.00.